The van der Waals surface area contributed by atoms with Crippen LogP contribution >= 0.6 is 0 Å². The lowest BCUT2D eigenvalue weighted by atomic mass is 10.1. The lowest BCUT2D eigenvalue weighted by Crippen LogP contribution is -2.32. The molecule has 0 heterocycles. The van der Waals surface area contributed by atoms with Crippen LogP contribution < -0.4 is 5.73 Å². The van der Waals surface area contributed by atoms with Gasteiger partial charge in [-0.3, -0.25) is 4.90 Å². The number of hydrogen-bond donors (Lipinski definition) is 5. The molecule has 1 atom stereocenters. The Kier molecular flexibility index (Phi) is 12.3. The van der Waals surface area contributed by atoms with Crippen LogP contribution in [-0.2, 0) is 0 Å². The average molecular weight is 286 g/mol. The maximum absolute atomic E-state index is 9.20. The van der Waals surface area contributed by atoms with Gasteiger partial charge in [-0.25, -0.2) is 0 Å². The third-order valence-corrected chi connectivity index (χ3v) is 2.66. The number of hydrogen-bond acceptors (Lipinski definition) is 6. The van der Waals surface area contributed by atoms with Gasteiger partial charge in [0, 0.05) is 26.2 Å². The molecule has 116 valence electrons. The molecule has 1 aromatic carbocycles. The van der Waals surface area contributed by atoms with Crippen LogP contribution in [0.1, 0.15) is 11.7 Å². The second kappa shape index (κ2) is 13.0. The molecular formula is C14H26N2O4. The van der Waals surface area contributed by atoms with Gasteiger partial charge in [-0.2, -0.15) is 0 Å². The van der Waals surface area contributed by atoms with Crippen molar-refractivity contribution in [1.29, 1.82) is 0 Å². The minimum atomic E-state index is -0.513. The maximum atomic E-state index is 9.20. The van der Waals surface area contributed by atoms with Crippen LogP contribution in [0, 0.1) is 0 Å². The van der Waals surface area contributed by atoms with Gasteiger partial charge < -0.3 is 26.2 Å². The van der Waals surface area contributed by atoms with Crippen LogP contribution in [-0.4, -0.2) is 71.3 Å². The molecule has 0 saturated carbocycles. The molecule has 0 amide bonds. The molecule has 0 aliphatic heterocycles. The molecule has 0 bridgehead atoms. The Labute approximate surface area is 120 Å². The first-order chi connectivity index (χ1) is 9.69. The lowest BCUT2D eigenvalue weighted by Gasteiger charge is -2.17. The molecule has 6 nitrogen and oxygen atoms in total. The SMILES string of the molecule is NCC(O)c1ccccc1.OCCN(CCO)CCO. The van der Waals surface area contributed by atoms with E-state index in [0.29, 0.717) is 19.6 Å². The third-order valence-electron chi connectivity index (χ3n) is 2.66. The first-order valence-electron chi connectivity index (χ1n) is 6.67. The van der Waals surface area contributed by atoms with E-state index in [-0.39, 0.29) is 26.4 Å². The van der Waals surface area contributed by atoms with Crippen molar-refractivity contribution in [2.24, 2.45) is 5.73 Å². The van der Waals surface area contributed by atoms with Crippen molar-refractivity contribution in [3.63, 3.8) is 0 Å². The quantitative estimate of drug-likeness (QED) is 0.417. The fourth-order valence-corrected chi connectivity index (χ4v) is 1.57. The highest BCUT2D eigenvalue weighted by atomic mass is 16.3. The van der Waals surface area contributed by atoms with Crippen molar-refractivity contribution in [2.45, 2.75) is 6.10 Å². The van der Waals surface area contributed by atoms with E-state index in [1.54, 1.807) is 4.90 Å². The predicted octanol–water partition coefficient (Wildman–Crippen LogP) is -1.06. The largest absolute Gasteiger partial charge is 0.395 e. The summed E-state index contributed by atoms with van der Waals surface area (Å²) in [6.07, 6.45) is -0.513. The average Bonchev–Trinajstić information content (AvgIpc) is 2.49. The highest BCUT2D eigenvalue weighted by molar-refractivity contribution is 5.17. The molecule has 6 heteroatoms. The van der Waals surface area contributed by atoms with Gasteiger partial charge in [0.15, 0.2) is 0 Å². The minimum absolute atomic E-state index is 0.0694. The molecule has 0 aliphatic rings. The maximum Gasteiger partial charge on any atom is 0.0912 e. The molecule has 1 unspecified atom stereocenters. The van der Waals surface area contributed by atoms with Crippen molar-refractivity contribution in [1.82, 2.24) is 4.90 Å². The summed E-state index contributed by atoms with van der Waals surface area (Å²) in [6, 6.07) is 9.39. The van der Waals surface area contributed by atoms with E-state index < -0.39 is 6.10 Å². The molecule has 0 saturated heterocycles. The van der Waals surface area contributed by atoms with Gasteiger partial charge in [0.25, 0.3) is 0 Å². The third kappa shape index (κ3) is 8.98. The summed E-state index contributed by atoms with van der Waals surface area (Å²) in [7, 11) is 0. The fourth-order valence-electron chi connectivity index (χ4n) is 1.57. The summed E-state index contributed by atoms with van der Waals surface area (Å²) in [5.41, 5.74) is 6.13. The van der Waals surface area contributed by atoms with E-state index in [4.69, 9.17) is 21.1 Å². The number of nitrogens with zero attached hydrogens (tertiary/aromatic N) is 1. The van der Waals surface area contributed by atoms with E-state index in [0.717, 1.165) is 5.56 Å². The standard InChI is InChI=1S/C8H11NO.C6H15NO3/c9-6-8(10)7-4-2-1-3-5-7;8-4-1-7(2-5-9)3-6-10/h1-5,8,10H,6,9H2;8-10H,1-6H2. The summed E-state index contributed by atoms with van der Waals surface area (Å²) in [5.74, 6) is 0. The summed E-state index contributed by atoms with van der Waals surface area (Å²) >= 11 is 0. The smallest absolute Gasteiger partial charge is 0.0912 e. The second-order valence-electron chi connectivity index (χ2n) is 4.17. The Hall–Kier alpha value is -1.02. The van der Waals surface area contributed by atoms with Gasteiger partial charge in [0.2, 0.25) is 0 Å². The van der Waals surface area contributed by atoms with E-state index in [1.807, 2.05) is 30.3 Å². The number of rotatable bonds is 8. The van der Waals surface area contributed by atoms with Crippen molar-refractivity contribution in [3.05, 3.63) is 35.9 Å². The number of aliphatic hydroxyl groups excluding tert-OH is 4. The van der Waals surface area contributed by atoms with Crippen LogP contribution in [0.4, 0.5) is 0 Å². The molecule has 20 heavy (non-hydrogen) atoms. The summed E-state index contributed by atoms with van der Waals surface area (Å²) in [4.78, 5) is 1.79. The first-order valence-corrected chi connectivity index (χ1v) is 6.67. The van der Waals surface area contributed by atoms with Gasteiger partial charge >= 0.3 is 0 Å². The van der Waals surface area contributed by atoms with Crippen molar-refractivity contribution >= 4 is 0 Å². The number of aliphatic hydroxyl groups is 4. The monoisotopic (exact) mass is 286 g/mol. The Morgan fingerprint density at radius 3 is 1.70 bits per heavy atom. The van der Waals surface area contributed by atoms with Gasteiger partial charge in [0.05, 0.1) is 25.9 Å². The zero-order chi connectivity index (χ0) is 15.2. The molecule has 1 aromatic rings. The van der Waals surface area contributed by atoms with Gasteiger partial charge in [0.1, 0.15) is 0 Å². The number of nitrogens with two attached hydrogens (primary N) is 1. The highest BCUT2D eigenvalue weighted by Gasteiger charge is 2.01. The molecule has 0 radical (unpaired) electrons. The van der Waals surface area contributed by atoms with E-state index in [1.165, 1.54) is 0 Å². The summed E-state index contributed by atoms with van der Waals surface area (Å²) in [5, 5.41) is 34.7. The van der Waals surface area contributed by atoms with Crippen molar-refractivity contribution < 1.29 is 20.4 Å². The summed E-state index contributed by atoms with van der Waals surface area (Å²) in [6.45, 7) is 2.04. The topological polar surface area (TPSA) is 110 Å². The van der Waals surface area contributed by atoms with Gasteiger partial charge in [-0.05, 0) is 5.56 Å². The van der Waals surface area contributed by atoms with Crippen LogP contribution in [0.3, 0.4) is 0 Å². The zero-order valence-electron chi connectivity index (χ0n) is 11.7. The summed E-state index contributed by atoms with van der Waals surface area (Å²) < 4.78 is 0. The number of benzene rings is 1. The molecule has 0 spiro atoms. The highest BCUT2D eigenvalue weighted by Crippen LogP contribution is 2.08. The van der Waals surface area contributed by atoms with Gasteiger partial charge in [-0.15, -0.1) is 0 Å². The second-order valence-corrected chi connectivity index (χ2v) is 4.17. The van der Waals surface area contributed by atoms with Crippen LogP contribution in [0.2, 0.25) is 0 Å². The van der Waals surface area contributed by atoms with Gasteiger partial charge in [-0.1, -0.05) is 30.3 Å². The normalized spacial score (nSPS) is 11.9. The fraction of sp³-hybridized carbons (Fsp3) is 0.571. The van der Waals surface area contributed by atoms with Crippen LogP contribution in [0.25, 0.3) is 0 Å². The Morgan fingerprint density at radius 1 is 0.900 bits per heavy atom. The molecule has 0 aliphatic carbocycles. The van der Waals surface area contributed by atoms with E-state index in [9.17, 15) is 5.11 Å². The molecule has 6 N–H and O–H groups in total. The lowest BCUT2D eigenvalue weighted by molar-refractivity contribution is 0.136. The Bertz CT molecular complexity index is 297. The minimum Gasteiger partial charge on any atom is -0.395 e. The predicted molar refractivity (Wildman–Crippen MR) is 78.2 cm³/mol. The first kappa shape index (κ1) is 19.0. The van der Waals surface area contributed by atoms with Crippen molar-refractivity contribution in [2.75, 3.05) is 46.0 Å². The molecule has 1 rings (SSSR count). The van der Waals surface area contributed by atoms with Crippen LogP contribution in [0.5, 0.6) is 0 Å². The molecule has 0 aromatic heterocycles. The van der Waals surface area contributed by atoms with Crippen LogP contribution in [0.15, 0.2) is 30.3 Å². The van der Waals surface area contributed by atoms with E-state index in [2.05, 4.69) is 0 Å². The zero-order valence-corrected chi connectivity index (χ0v) is 11.7. The Balaban J connectivity index is 0.000000361. The molecular weight excluding hydrogens is 260 g/mol. The molecule has 0 fully saturated rings. The van der Waals surface area contributed by atoms with E-state index >= 15 is 0 Å². The van der Waals surface area contributed by atoms with Crippen molar-refractivity contribution in [3.8, 4) is 0 Å². The Morgan fingerprint density at radius 2 is 1.35 bits per heavy atom.